The summed E-state index contributed by atoms with van der Waals surface area (Å²) in [6.45, 7) is 2.18. The number of hydrogen-bond donors (Lipinski definition) is 1. The Bertz CT molecular complexity index is 566. The second kappa shape index (κ2) is 8.19. The number of nitrogens with zero attached hydrogens (tertiary/aromatic N) is 3. The standard InChI is InChI=1S/C17H24N4O3/c22-16-13-5-1-2-6-14(13)21(10-4-11-24-12-9-20-16)17(23)15-18-7-3-8-19-15/h3,7-8,13-14H,1-2,4-6,9-12H2,(H,20,22)/t13-,14+/m1/s1. The zero-order valence-electron chi connectivity index (χ0n) is 13.8. The fourth-order valence-electron chi connectivity index (χ4n) is 3.56. The van der Waals surface area contributed by atoms with E-state index in [1.165, 1.54) is 0 Å². The molecule has 0 aromatic carbocycles. The summed E-state index contributed by atoms with van der Waals surface area (Å²) in [6, 6.07) is 1.60. The van der Waals surface area contributed by atoms with Crippen LogP contribution in [0.2, 0.25) is 0 Å². The maximum Gasteiger partial charge on any atom is 0.291 e. The van der Waals surface area contributed by atoms with Gasteiger partial charge in [-0.1, -0.05) is 12.8 Å². The number of carbonyl (C=O) groups excluding carboxylic acids is 2. The molecule has 2 heterocycles. The Morgan fingerprint density at radius 3 is 2.79 bits per heavy atom. The summed E-state index contributed by atoms with van der Waals surface area (Å²) >= 11 is 0. The molecule has 7 heteroatoms. The van der Waals surface area contributed by atoms with Crippen molar-refractivity contribution in [2.24, 2.45) is 5.92 Å². The lowest BCUT2D eigenvalue weighted by Gasteiger charge is -2.38. The highest BCUT2D eigenvalue weighted by atomic mass is 16.5. The van der Waals surface area contributed by atoms with Crippen LogP contribution in [0.25, 0.3) is 0 Å². The second-order valence-electron chi connectivity index (χ2n) is 6.29. The number of aromatic nitrogens is 2. The van der Waals surface area contributed by atoms with Gasteiger partial charge in [-0.05, 0) is 25.3 Å². The molecule has 0 bridgehead atoms. The molecule has 1 aromatic rings. The van der Waals surface area contributed by atoms with E-state index in [4.69, 9.17) is 4.74 Å². The van der Waals surface area contributed by atoms with E-state index in [1.54, 1.807) is 23.4 Å². The Kier molecular flexibility index (Phi) is 5.74. The maximum atomic E-state index is 12.9. The highest BCUT2D eigenvalue weighted by Gasteiger charge is 2.37. The number of ether oxygens (including phenoxy) is 1. The first kappa shape index (κ1) is 16.8. The van der Waals surface area contributed by atoms with E-state index in [-0.39, 0.29) is 29.6 Å². The molecule has 130 valence electrons. The summed E-state index contributed by atoms with van der Waals surface area (Å²) in [4.78, 5) is 35.5. The van der Waals surface area contributed by atoms with E-state index < -0.39 is 0 Å². The van der Waals surface area contributed by atoms with Gasteiger partial charge < -0.3 is 15.0 Å². The van der Waals surface area contributed by atoms with Crippen LogP contribution in [0.5, 0.6) is 0 Å². The Morgan fingerprint density at radius 2 is 1.96 bits per heavy atom. The van der Waals surface area contributed by atoms with Gasteiger partial charge in [-0.2, -0.15) is 0 Å². The quantitative estimate of drug-likeness (QED) is 0.830. The van der Waals surface area contributed by atoms with E-state index in [2.05, 4.69) is 15.3 Å². The number of carbonyl (C=O) groups is 2. The van der Waals surface area contributed by atoms with Gasteiger partial charge in [-0.3, -0.25) is 9.59 Å². The zero-order chi connectivity index (χ0) is 16.8. The molecule has 2 fully saturated rings. The van der Waals surface area contributed by atoms with Crippen molar-refractivity contribution >= 4 is 11.8 Å². The minimum atomic E-state index is -0.195. The molecular formula is C17H24N4O3. The highest BCUT2D eigenvalue weighted by molar-refractivity contribution is 5.91. The SMILES string of the molecule is O=C1NCCOCCCN(C(=O)c2ncccn2)[C@H]2CCCC[C@@H]12. The summed E-state index contributed by atoms with van der Waals surface area (Å²) in [7, 11) is 0. The summed E-state index contributed by atoms with van der Waals surface area (Å²) in [5, 5.41) is 2.95. The van der Waals surface area contributed by atoms with E-state index in [9.17, 15) is 9.59 Å². The molecule has 1 aliphatic heterocycles. The van der Waals surface area contributed by atoms with Crippen molar-refractivity contribution in [1.82, 2.24) is 20.2 Å². The van der Waals surface area contributed by atoms with Gasteiger partial charge in [0, 0.05) is 38.1 Å². The topological polar surface area (TPSA) is 84.4 Å². The number of amides is 2. The van der Waals surface area contributed by atoms with Gasteiger partial charge in [0.2, 0.25) is 11.7 Å². The molecule has 3 rings (SSSR count). The summed E-state index contributed by atoms with van der Waals surface area (Å²) in [6.07, 6.45) is 7.60. The van der Waals surface area contributed by atoms with Gasteiger partial charge in [-0.25, -0.2) is 9.97 Å². The predicted octanol–water partition coefficient (Wildman–Crippen LogP) is 1.01. The highest BCUT2D eigenvalue weighted by Crippen LogP contribution is 2.30. The van der Waals surface area contributed by atoms with Crippen molar-refractivity contribution in [3.8, 4) is 0 Å². The van der Waals surface area contributed by atoms with Crippen molar-refractivity contribution in [1.29, 1.82) is 0 Å². The number of fused-ring (bicyclic) bond motifs is 1. The fraction of sp³-hybridized carbons (Fsp3) is 0.647. The first-order valence-corrected chi connectivity index (χ1v) is 8.71. The second-order valence-corrected chi connectivity index (χ2v) is 6.29. The smallest absolute Gasteiger partial charge is 0.291 e. The fourth-order valence-corrected chi connectivity index (χ4v) is 3.56. The third kappa shape index (κ3) is 3.90. The van der Waals surface area contributed by atoms with Crippen molar-refractivity contribution in [3.63, 3.8) is 0 Å². The molecule has 1 N–H and O–H groups in total. The molecule has 0 radical (unpaired) electrons. The minimum Gasteiger partial charge on any atom is -0.380 e. The molecule has 0 spiro atoms. The predicted molar refractivity (Wildman–Crippen MR) is 87.3 cm³/mol. The van der Waals surface area contributed by atoms with Crippen molar-refractivity contribution in [3.05, 3.63) is 24.3 Å². The van der Waals surface area contributed by atoms with Gasteiger partial charge >= 0.3 is 0 Å². The van der Waals surface area contributed by atoms with Crippen LogP contribution in [0.15, 0.2) is 18.5 Å². The van der Waals surface area contributed by atoms with Gasteiger partial charge in [0.25, 0.3) is 5.91 Å². The van der Waals surface area contributed by atoms with E-state index in [0.29, 0.717) is 26.3 Å². The average Bonchev–Trinajstić information content (AvgIpc) is 2.67. The maximum absolute atomic E-state index is 12.9. The van der Waals surface area contributed by atoms with Crippen LogP contribution < -0.4 is 5.32 Å². The monoisotopic (exact) mass is 332 g/mol. The third-order valence-corrected chi connectivity index (χ3v) is 4.72. The Balaban J connectivity index is 1.86. The molecule has 24 heavy (non-hydrogen) atoms. The normalized spacial score (nSPS) is 26.0. The molecule has 1 aliphatic carbocycles. The Labute approximate surface area is 141 Å². The van der Waals surface area contributed by atoms with Crippen LogP contribution in [0.3, 0.4) is 0 Å². The molecule has 2 atom stereocenters. The molecule has 0 unspecified atom stereocenters. The number of hydrogen-bond acceptors (Lipinski definition) is 5. The third-order valence-electron chi connectivity index (χ3n) is 4.72. The lowest BCUT2D eigenvalue weighted by molar-refractivity contribution is -0.128. The van der Waals surface area contributed by atoms with Crippen molar-refractivity contribution < 1.29 is 14.3 Å². The van der Waals surface area contributed by atoms with Gasteiger partial charge in [0.05, 0.1) is 12.5 Å². The van der Waals surface area contributed by atoms with Crippen molar-refractivity contribution in [2.75, 3.05) is 26.3 Å². The van der Waals surface area contributed by atoms with Gasteiger partial charge in [-0.15, -0.1) is 0 Å². The van der Waals surface area contributed by atoms with E-state index in [0.717, 1.165) is 32.1 Å². The summed E-state index contributed by atoms with van der Waals surface area (Å²) in [5.41, 5.74) is 0. The number of nitrogens with one attached hydrogen (secondary N) is 1. The first-order chi connectivity index (χ1) is 11.8. The lowest BCUT2D eigenvalue weighted by Crippen LogP contribution is -2.51. The lowest BCUT2D eigenvalue weighted by atomic mass is 9.82. The molecular weight excluding hydrogens is 308 g/mol. The van der Waals surface area contributed by atoms with Gasteiger partial charge in [0.15, 0.2) is 0 Å². The first-order valence-electron chi connectivity index (χ1n) is 8.71. The van der Waals surface area contributed by atoms with E-state index in [1.807, 2.05) is 0 Å². The molecule has 1 saturated heterocycles. The molecule has 2 amide bonds. The largest absolute Gasteiger partial charge is 0.380 e. The van der Waals surface area contributed by atoms with Crippen molar-refractivity contribution in [2.45, 2.75) is 38.1 Å². The van der Waals surface area contributed by atoms with E-state index >= 15 is 0 Å². The van der Waals surface area contributed by atoms with Crippen LogP contribution in [0.1, 0.15) is 42.7 Å². The average molecular weight is 332 g/mol. The Morgan fingerprint density at radius 1 is 1.17 bits per heavy atom. The molecule has 2 aliphatic rings. The molecule has 1 aromatic heterocycles. The summed E-state index contributed by atoms with van der Waals surface area (Å²) in [5.74, 6) is -0.140. The minimum absolute atomic E-state index is 0.0250. The van der Waals surface area contributed by atoms with Crippen LogP contribution in [0, 0.1) is 5.92 Å². The van der Waals surface area contributed by atoms with Crippen LogP contribution >= 0.6 is 0 Å². The Hall–Kier alpha value is -2.02. The number of rotatable bonds is 1. The van der Waals surface area contributed by atoms with Crippen LogP contribution in [0.4, 0.5) is 0 Å². The molecule has 1 saturated carbocycles. The van der Waals surface area contributed by atoms with Crippen LogP contribution in [-0.2, 0) is 9.53 Å². The van der Waals surface area contributed by atoms with Crippen LogP contribution in [-0.4, -0.2) is 59.0 Å². The molecule has 7 nitrogen and oxygen atoms in total. The zero-order valence-corrected chi connectivity index (χ0v) is 13.8. The van der Waals surface area contributed by atoms with Gasteiger partial charge in [0.1, 0.15) is 0 Å². The summed E-state index contributed by atoms with van der Waals surface area (Å²) < 4.78 is 5.52.